The maximum absolute atomic E-state index is 4.93. The van der Waals surface area contributed by atoms with Crippen LogP contribution in [-0.4, -0.2) is 9.52 Å². The van der Waals surface area contributed by atoms with Crippen LogP contribution in [0.4, 0.5) is 0 Å². The fraction of sp³-hybridized carbons (Fsp3) is 0.160. The van der Waals surface area contributed by atoms with Gasteiger partial charge < -0.3 is 0 Å². The molecule has 4 heteroatoms. The van der Waals surface area contributed by atoms with E-state index in [1.807, 2.05) is 0 Å². The number of hydrogen-bond acceptors (Lipinski definition) is 0. The molecule has 8 aromatic carbocycles. The van der Waals surface area contributed by atoms with E-state index in [1.165, 1.54) is 99.4 Å². The van der Waals surface area contributed by atoms with Crippen molar-refractivity contribution in [3.63, 3.8) is 0 Å². The van der Waals surface area contributed by atoms with Crippen LogP contribution in [-0.2, 0) is 20.8 Å². The molecule has 0 aliphatic rings. The predicted molar refractivity (Wildman–Crippen MR) is 238 cm³/mol. The maximum atomic E-state index is 4.93. The standard InChI is InChI=1S/2C24H21.C2H6Si.2ClH.Zr/c2*1-16-11-17(2)13-22(12-16)24-18(3)9-10-20-14-21(15-23(20)24)19-7-5-4-6-8-19;1-3-2;;;/h2*4-15H,1-3H3;1-2H3;2*1H;/q2*-1;;;;+4/p-2. The summed E-state index contributed by atoms with van der Waals surface area (Å²) in [6, 6.07) is 53.1. The summed E-state index contributed by atoms with van der Waals surface area (Å²) in [4.78, 5) is 0. The summed E-state index contributed by atoms with van der Waals surface area (Å²) in [7, 11) is 11.0. The van der Waals surface area contributed by atoms with Gasteiger partial charge >= 0.3 is 37.9 Å². The first kappa shape index (κ1) is 41.4. The van der Waals surface area contributed by atoms with Crippen molar-refractivity contribution < 1.29 is 20.8 Å². The Morgan fingerprint density at radius 2 is 0.741 bits per heavy atom. The second-order valence-corrected chi connectivity index (χ2v) is 18.8. The van der Waals surface area contributed by atoms with Gasteiger partial charge in [-0.3, -0.25) is 0 Å². The average Bonchev–Trinajstić information content (AvgIpc) is 3.78. The molecule has 0 aliphatic heterocycles. The fourth-order valence-electron chi connectivity index (χ4n) is 7.38. The third kappa shape index (κ3) is 10.3. The zero-order valence-corrected chi connectivity index (χ0v) is 37.6. The van der Waals surface area contributed by atoms with Gasteiger partial charge in [0.15, 0.2) is 0 Å². The van der Waals surface area contributed by atoms with Gasteiger partial charge in [0.25, 0.3) is 0 Å². The summed E-state index contributed by atoms with van der Waals surface area (Å²) in [5.41, 5.74) is 18.4. The Morgan fingerprint density at radius 3 is 1.06 bits per heavy atom. The predicted octanol–water partition coefficient (Wildman–Crippen LogP) is 15.8. The van der Waals surface area contributed by atoms with Crippen LogP contribution in [0.3, 0.4) is 0 Å². The molecule has 0 spiro atoms. The Balaban J connectivity index is 0.000000182. The number of benzene rings is 6. The first-order chi connectivity index (χ1) is 26.1. The van der Waals surface area contributed by atoms with Gasteiger partial charge in [-0.2, -0.15) is 0 Å². The zero-order valence-electron chi connectivity index (χ0n) is 32.6. The summed E-state index contributed by atoms with van der Waals surface area (Å²) < 4.78 is 0. The molecule has 0 atom stereocenters. The van der Waals surface area contributed by atoms with Crippen LogP contribution in [0.2, 0.25) is 13.1 Å². The van der Waals surface area contributed by atoms with Crippen LogP contribution in [0.5, 0.6) is 0 Å². The van der Waals surface area contributed by atoms with Crippen molar-refractivity contribution in [1.82, 2.24) is 0 Å². The topological polar surface area (TPSA) is 0 Å². The minimum atomic E-state index is -0.826. The van der Waals surface area contributed by atoms with Crippen molar-refractivity contribution in [1.29, 1.82) is 0 Å². The van der Waals surface area contributed by atoms with Gasteiger partial charge in [0, 0.05) is 9.52 Å². The second kappa shape index (κ2) is 19.7. The van der Waals surface area contributed by atoms with Crippen LogP contribution in [0.1, 0.15) is 33.4 Å². The van der Waals surface area contributed by atoms with E-state index in [4.69, 9.17) is 17.0 Å². The third-order valence-electron chi connectivity index (χ3n) is 9.43. The molecule has 270 valence electrons. The van der Waals surface area contributed by atoms with Crippen molar-refractivity contribution in [3.05, 3.63) is 179 Å². The molecule has 0 N–H and O–H groups in total. The van der Waals surface area contributed by atoms with E-state index in [0.717, 1.165) is 9.52 Å². The van der Waals surface area contributed by atoms with E-state index in [2.05, 4.69) is 200 Å². The second-order valence-electron chi connectivity index (χ2n) is 14.1. The Hall–Kier alpha value is -3.78. The quantitative estimate of drug-likeness (QED) is 0.122. The van der Waals surface area contributed by atoms with Gasteiger partial charge in [0.1, 0.15) is 0 Å². The van der Waals surface area contributed by atoms with Crippen molar-refractivity contribution in [2.45, 2.75) is 54.6 Å². The average molecular weight is 839 g/mol. The molecular weight excluding hydrogens is 791 g/mol. The number of rotatable bonds is 4. The van der Waals surface area contributed by atoms with Crippen molar-refractivity contribution in [3.8, 4) is 44.5 Å². The molecule has 0 bridgehead atoms. The van der Waals surface area contributed by atoms with Crippen LogP contribution < -0.4 is 0 Å². The summed E-state index contributed by atoms with van der Waals surface area (Å²) in [6.45, 7) is 17.4. The molecule has 0 aliphatic carbocycles. The Labute approximate surface area is 344 Å². The van der Waals surface area contributed by atoms with E-state index in [-0.39, 0.29) is 0 Å². The van der Waals surface area contributed by atoms with Crippen molar-refractivity contribution >= 4 is 48.1 Å². The van der Waals surface area contributed by atoms with Crippen LogP contribution in [0, 0.1) is 41.5 Å². The van der Waals surface area contributed by atoms with Crippen LogP contribution in [0.25, 0.3) is 66.1 Å². The Morgan fingerprint density at radius 1 is 0.426 bits per heavy atom. The summed E-state index contributed by atoms with van der Waals surface area (Å²) in [5, 5.41) is 5.32. The SMILES string of the molecule is C[Si]C.Cc1cc(C)cc(-c2c(C)ccc3[cH-]c(-c4ccccc4)cc23)c1.Cc1cc(C)cc(-c2c(C)ccc3[cH-]c(-c4ccccc4)cc23)c1.[Cl][Zr+2][Cl]. The first-order valence-corrected chi connectivity index (χ1v) is 26.6. The zero-order chi connectivity index (χ0) is 38.8. The molecule has 0 unspecified atom stereocenters. The molecule has 54 heavy (non-hydrogen) atoms. The monoisotopic (exact) mass is 836 g/mol. The molecule has 8 rings (SSSR count). The number of halogens is 2. The van der Waals surface area contributed by atoms with Crippen molar-refractivity contribution in [2.24, 2.45) is 0 Å². The van der Waals surface area contributed by atoms with Gasteiger partial charge in [-0.25, -0.2) is 0 Å². The van der Waals surface area contributed by atoms with Crippen LogP contribution in [0.15, 0.2) is 146 Å². The Kier molecular flexibility index (Phi) is 15.1. The van der Waals surface area contributed by atoms with Crippen LogP contribution >= 0.6 is 17.0 Å². The number of hydrogen-bond donors (Lipinski definition) is 0. The molecule has 0 nitrogen and oxygen atoms in total. The van der Waals surface area contributed by atoms with Gasteiger partial charge in [0.2, 0.25) is 0 Å². The Bertz CT molecular complexity index is 2220. The number of aryl methyl sites for hydroxylation is 6. The van der Waals surface area contributed by atoms with E-state index in [1.54, 1.807) is 0 Å². The van der Waals surface area contributed by atoms with Gasteiger partial charge in [-0.1, -0.05) is 167 Å². The first-order valence-electron chi connectivity index (χ1n) is 18.3. The fourth-order valence-corrected chi connectivity index (χ4v) is 7.38. The molecule has 0 fully saturated rings. The molecule has 0 amide bonds. The van der Waals surface area contributed by atoms with E-state index >= 15 is 0 Å². The summed E-state index contributed by atoms with van der Waals surface area (Å²) in [5.74, 6) is 0. The van der Waals surface area contributed by atoms with E-state index in [9.17, 15) is 0 Å². The molecule has 0 heterocycles. The minimum absolute atomic E-state index is 0.826. The van der Waals surface area contributed by atoms with Gasteiger partial charge in [0.05, 0.1) is 0 Å². The third-order valence-corrected chi connectivity index (χ3v) is 9.43. The molecule has 0 aromatic heterocycles. The van der Waals surface area contributed by atoms with E-state index < -0.39 is 20.8 Å². The summed E-state index contributed by atoms with van der Waals surface area (Å²) in [6.07, 6.45) is 0. The van der Waals surface area contributed by atoms with Gasteiger partial charge in [-0.05, 0) is 63.8 Å². The molecule has 0 saturated carbocycles. The molecule has 0 saturated heterocycles. The normalized spacial score (nSPS) is 10.4. The van der Waals surface area contributed by atoms with Gasteiger partial charge in [-0.15, -0.1) is 69.1 Å². The summed E-state index contributed by atoms with van der Waals surface area (Å²) >= 11 is -0.826. The molecule has 2 radical (unpaired) electrons. The molecule has 8 aromatic rings. The molecular formula is C50H48Cl2SiZr. The van der Waals surface area contributed by atoms with Crippen molar-refractivity contribution in [2.75, 3.05) is 0 Å². The van der Waals surface area contributed by atoms with E-state index in [0.29, 0.717) is 0 Å². The number of fused-ring (bicyclic) bond motifs is 2.